The number of carbonyl (C=O) groups is 1. The molecule has 0 spiro atoms. The number of rotatable bonds is 2. The van der Waals surface area contributed by atoms with Gasteiger partial charge < -0.3 is 9.64 Å². The minimum atomic E-state index is 0.184. The zero-order valence-corrected chi connectivity index (χ0v) is 11.6. The highest BCUT2D eigenvalue weighted by Gasteiger charge is 2.29. The summed E-state index contributed by atoms with van der Waals surface area (Å²) < 4.78 is 5.53. The summed E-state index contributed by atoms with van der Waals surface area (Å²) in [7, 11) is 1.69. The first-order valence-corrected chi connectivity index (χ1v) is 7.60. The molecule has 1 saturated heterocycles. The zero-order valence-electron chi connectivity index (χ0n) is 10.8. The Labute approximate surface area is 112 Å². The first-order valence-electron chi connectivity index (χ1n) is 6.79. The molecule has 2 heterocycles. The van der Waals surface area contributed by atoms with E-state index in [1.54, 1.807) is 18.4 Å². The number of aryl methyl sites for hydroxylation is 1. The van der Waals surface area contributed by atoms with Crippen LogP contribution < -0.4 is 4.74 Å². The van der Waals surface area contributed by atoms with Crippen LogP contribution in [0.5, 0.6) is 5.75 Å². The van der Waals surface area contributed by atoms with Gasteiger partial charge in [0.15, 0.2) is 0 Å². The van der Waals surface area contributed by atoms with Crippen molar-refractivity contribution < 1.29 is 9.53 Å². The summed E-state index contributed by atoms with van der Waals surface area (Å²) in [4.78, 5) is 16.7. The lowest BCUT2D eigenvalue weighted by molar-refractivity contribution is 0.0794. The topological polar surface area (TPSA) is 29.5 Å². The van der Waals surface area contributed by atoms with Crippen LogP contribution in [0.25, 0.3) is 0 Å². The molecule has 0 bridgehead atoms. The lowest BCUT2D eigenvalue weighted by Gasteiger charge is -2.15. The summed E-state index contributed by atoms with van der Waals surface area (Å²) in [5.41, 5.74) is 1.30. The molecular formula is C14H19NO2S. The monoisotopic (exact) mass is 265 g/mol. The standard InChI is InChI=1S/C14H19NO2S/c1-17-12-10-6-2-3-7-11(10)18-13(12)14(16)15-8-4-5-9-15/h2-9H2,1H3. The Balaban J connectivity index is 1.95. The number of fused-ring (bicyclic) bond motifs is 1. The van der Waals surface area contributed by atoms with E-state index in [4.69, 9.17) is 4.74 Å². The third-order valence-electron chi connectivity index (χ3n) is 3.91. The Bertz CT molecular complexity index is 461. The van der Waals surface area contributed by atoms with E-state index in [2.05, 4.69) is 0 Å². The molecule has 1 aromatic heterocycles. The molecule has 0 saturated carbocycles. The minimum absolute atomic E-state index is 0.184. The predicted molar refractivity (Wildman–Crippen MR) is 72.7 cm³/mol. The Hall–Kier alpha value is -1.03. The van der Waals surface area contributed by atoms with Crippen LogP contribution in [0.4, 0.5) is 0 Å². The van der Waals surface area contributed by atoms with Crippen molar-refractivity contribution in [3.8, 4) is 5.75 Å². The van der Waals surface area contributed by atoms with Gasteiger partial charge in [-0.05, 0) is 38.5 Å². The number of amides is 1. The molecule has 3 nitrogen and oxygen atoms in total. The normalized spacial score (nSPS) is 18.8. The third kappa shape index (κ3) is 1.92. The van der Waals surface area contributed by atoms with Crippen LogP contribution in [0.1, 0.15) is 45.8 Å². The van der Waals surface area contributed by atoms with Gasteiger partial charge in [0.25, 0.3) is 5.91 Å². The van der Waals surface area contributed by atoms with Gasteiger partial charge in [0.1, 0.15) is 10.6 Å². The van der Waals surface area contributed by atoms with E-state index in [1.165, 1.54) is 23.3 Å². The first-order chi connectivity index (χ1) is 8.81. The molecule has 0 atom stereocenters. The Morgan fingerprint density at radius 2 is 1.89 bits per heavy atom. The Kier molecular flexibility index (Phi) is 3.29. The number of thiophene rings is 1. The smallest absolute Gasteiger partial charge is 0.267 e. The number of hydrogen-bond acceptors (Lipinski definition) is 3. The molecule has 98 valence electrons. The van der Waals surface area contributed by atoms with Crippen molar-refractivity contribution in [3.05, 3.63) is 15.3 Å². The van der Waals surface area contributed by atoms with Crippen LogP contribution in [0, 0.1) is 0 Å². The van der Waals surface area contributed by atoms with Gasteiger partial charge in [-0.1, -0.05) is 0 Å². The molecule has 0 unspecified atom stereocenters. The molecule has 1 aromatic rings. The van der Waals surface area contributed by atoms with Crippen LogP contribution >= 0.6 is 11.3 Å². The van der Waals surface area contributed by atoms with Crippen molar-refractivity contribution in [1.29, 1.82) is 0 Å². The third-order valence-corrected chi connectivity index (χ3v) is 5.18. The Morgan fingerprint density at radius 1 is 1.17 bits per heavy atom. The molecular weight excluding hydrogens is 246 g/mol. The van der Waals surface area contributed by atoms with Gasteiger partial charge in [0.2, 0.25) is 0 Å². The molecule has 2 aliphatic rings. The summed E-state index contributed by atoms with van der Waals surface area (Å²) in [5.74, 6) is 1.05. The van der Waals surface area contributed by atoms with Crippen LogP contribution in [-0.4, -0.2) is 31.0 Å². The van der Waals surface area contributed by atoms with Crippen LogP contribution in [0.15, 0.2) is 0 Å². The average molecular weight is 265 g/mol. The number of hydrogen-bond donors (Lipinski definition) is 0. The van der Waals surface area contributed by atoms with E-state index in [0.29, 0.717) is 0 Å². The van der Waals surface area contributed by atoms with Gasteiger partial charge in [-0.25, -0.2) is 0 Å². The predicted octanol–water partition coefficient (Wildman–Crippen LogP) is 2.87. The molecule has 0 N–H and O–H groups in total. The number of carbonyl (C=O) groups excluding carboxylic acids is 1. The molecule has 1 amide bonds. The average Bonchev–Trinajstić information content (AvgIpc) is 3.04. The Morgan fingerprint density at radius 3 is 2.61 bits per heavy atom. The maximum absolute atomic E-state index is 12.5. The highest BCUT2D eigenvalue weighted by Crippen LogP contribution is 2.40. The maximum Gasteiger partial charge on any atom is 0.267 e. The largest absolute Gasteiger partial charge is 0.495 e. The molecule has 0 radical (unpaired) electrons. The SMILES string of the molecule is COc1c(C(=O)N2CCCC2)sc2c1CCCC2. The second kappa shape index (κ2) is 4.92. The second-order valence-electron chi connectivity index (χ2n) is 5.07. The fraction of sp³-hybridized carbons (Fsp3) is 0.643. The highest BCUT2D eigenvalue weighted by atomic mass is 32.1. The maximum atomic E-state index is 12.5. The summed E-state index contributed by atoms with van der Waals surface area (Å²) in [6.07, 6.45) is 6.93. The fourth-order valence-corrected chi connectivity index (χ4v) is 4.28. The van der Waals surface area contributed by atoms with E-state index in [-0.39, 0.29) is 5.91 Å². The van der Waals surface area contributed by atoms with Crippen LogP contribution in [0.2, 0.25) is 0 Å². The van der Waals surface area contributed by atoms with E-state index in [1.807, 2.05) is 4.90 Å². The van der Waals surface area contributed by atoms with Crippen molar-refractivity contribution in [3.63, 3.8) is 0 Å². The molecule has 0 aromatic carbocycles. The van der Waals surface area contributed by atoms with E-state index in [9.17, 15) is 4.79 Å². The van der Waals surface area contributed by atoms with Gasteiger partial charge in [0, 0.05) is 23.5 Å². The first kappa shape index (κ1) is 12.0. The van der Waals surface area contributed by atoms with Gasteiger partial charge >= 0.3 is 0 Å². The quantitative estimate of drug-likeness (QED) is 0.823. The minimum Gasteiger partial charge on any atom is -0.495 e. The van der Waals surface area contributed by atoms with Gasteiger partial charge in [-0.3, -0.25) is 4.79 Å². The van der Waals surface area contributed by atoms with Crippen molar-refractivity contribution in [2.24, 2.45) is 0 Å². The number of methoxy groups -OCH3 is 1. The van der Waals surface area contributed by atoms with E-state index >= 15 is 0 Å². The summed E-state index contributed by atoms with van der Waals surface area (Å²) in [6, 6.07) is 0. The van der Waals surface area contributed by atoms with Crippen LogP contribution in [0.3, 0.4) is 0 Å². The number of nitrogens with zero attached hydrogens (tertiary/aromatic N) is 1. The van der Waals surface area contributed by atoms with Gasteiger partial charge in [-0.2, -0.15) is 0 Å². The summed E-state index contributed by atoms with van der Waals surface area (Å²) >= 11 is 1.67. The van der Waals surface area contributed by atoms with Crippen molar-refractivity contribution >= 4 is 17.2 Å². The zero-order chi connectivity index (χ0) is 12.5. The molecule has 18 heavy (non-hydrogen) atoms. The van der Waals surface area contributed by atoms with Crippen molar-refractivity contribution in [2.75, 3.05) is 20.2 Å². The van der Waals surface area contributed by atoms with Crippen LogP contribution in [-0.2, 0) is 12.8 Å². The summed E-state index contributed by atoms with van der Waals surface area (Å²) in [5, 5.41) is 0. The second-order valence-corrected chi connectivity index (χ2v) is 6.18. The van der Waals surface area contributed by atoms with Gasteiger partial charge in [-0.15, -0.1) is 11.3 Å². The van der Waals surface area contributed by atoms with Crippen molar-refractivity contribution in [1.82, 2.24) is 4.90 Å². The molecule has 3 rings (SSSR count). The molecule has 4 heteroatoms. The number of likely N-dealkylation sites (tertiary alicyclic amines) is 1. The summed E-state index contributed by atoms with van der Waals surface area (Å²) in [6.45, 7) is 1.81. The molecule has 1 aliphatic carbocycles. The lowest BCUT2D eigenvalue weighted by atomic mass is 9.98. The lowest BCUT2D eigenvalue weighted by Crippen LogP contribution is -2.27. The van der Waals surface area contributed by atoms with E-state index in [0.717, 1.165) is 49.4 Å². The fourth-order valence-electron chi connectivity index (χ4n) is 2.96. The van der Waals surface area contributed by atoms with E-state index < -0.39 is 0 Å². The molecule has 1 aliphatic heterocycles. The number of ether oxygens (including phenoxy) is 1. The van der Waals surface area contributed by atoms with Gasteiger partial charge in [0.05, 0.1) is 7.11 Å². The highest BCUT2D eigenvalue weighted by molar-refractivity contribution is 7.14. The molecule has 1 fully saturated rings. The van der Waals surface area contributed by atoms with Crippen molar-refractivity contribution in [2.45, 2.75) is 38.5 Å².